The lowest BCUT2D eigenvalue weighted by Gasteiger charge is -2.40. The highest BCUT2D eigenvalue weighted by Gasteiger charge is 2.34. The number of hydrogen-bond acceptors (Lipinski definition) is 4. The van der Waals surface area contributed by atoms with E-state index in [0.29, 0.717) is 25.6 Å². The maximum atomic E-state index is 11.9. The van der Waals surface area contributed by atoms with Crippen molar-refractivity contribution in [3.05, 3.63) is 29.8 Å². The number of carbonyl (C=O) groups is 1. The van der Waals surface area contributed by atoms with Gasteiger partial charge in [0.05, 0.1) is 13.2 Å². The molecule has 0 atom stereocenters. The zero-order valence-corrected chi connectivity index (χ0v) is 18.4. The lowest BCUT2D eigenvalue weighted by atomic mass is 10.1. The van der Waals surface area contributed by atoms with Crippen LogP contribution in [-0.4, -0.2) is 55.8 Å². The number of likely N-dealkylation sites (tertiary alicyclic amines) is 1. The van der Waals surface area contributed by atoms with E-state index in [1.165, 1.54) is 0 Å². The molecule has 8 heteroatoms. The summed E-state index contributed by atoms with van der Waals surface area (Å²) in [7, 11) is 3.38. The molecule has 1 aliphatic heterocycles. The second kappa shape index (κ2) is 9.84. The maximum Gasteiger partial charge on any atom is 0.410 e. The van der Waals surface area contributed by atoms with Crippen LogP contribution in [0.4, 0.5) is 4.79 Å². The zero-order valence-electron chi connectivity index (χ0n) is 16.0. The van der Waals surface area contributed by atoms with E-state index in [-0.39, 0.29) is 36.1 Å². The Labute approximate surface area is 172 Å². The minimum absolute atomic E-state index is 0. The Hall–Kier alpha value is -1.71. The molecular formula is C18H29IN4O3. The van der Waals surface area contributed by atoms with Crippen LogP contribution in [0.25, 0.3) is 0 Å². The SMILES string of the molecule is CN=C(NCc1ccc(OC)cc1)NC1CN(C(=O)OC(C)(C)C)C1.I. The number of methoxy groups -OCH3 is 1. The van der Waals surface area contributed by atoms with E-state index >= 15 is 0 Å². The quantitative estimate of drug-likeness (QED) is 0.397. The van der Waals surface area contributed by atoms with Crippen LogP contribution >= 0.6 is 24.0 Å². The van der Waals surface area contributed by atoms with Crippen LogP contribution in [0.3, 0.4) is 0 Å². The second-order valence-electron chi connectivity index (χ2n) is 7.00. The normalized spacial score (nSPS) is 14.8. The summed E-state index contributed by atoms with van der Waals surface area (Å²) in [5.74, 6) is 1.55. The van der Waals surface area contributed by atoms with Crippen LogP contribution in [-0.2, 0) is 11.3 Å². The highest BCUT2D eigenvalue weighted by molar-refractivity contribution is 14.0. The smallest absolute Gasteiger partial charge is 0.410 e. The predicted molar refractivity (Wildman–Crippen MR) is 113 cm³/mol. The second-order valence-corrected chi connectivity index (χ2v) is 7.00. The molecule has 0 saturated carbocycles. The Morgan fingerprint density at radius 1 is 1.27 bits per heavy atom. The number of carbonyl (C=O) groups excluding carboxylic acids is 1. The van der Waals surface area contributed by atoms with E-state index in [4.69, 9.17) is 9.47 Å². The van der Waals surface area contributed by atoms with E-state index in [2.05, 4.69) is 15.6 Å². The van der Waals surface area contributed by atoms with Gasteiger partial charge in [-0.15, -0.1) is 24.0 Å². The molecule has 1 aromatic rings. The lowest BCUT2D eigenvalue weighted by Crippen LogP contribution is -2.63. The summed E-state index contributed by atoms with van der Waals surface area (Å²) in [6, 6.07) is 8.05. The van der Waals surface area contributed by atoms with Gasteiger partial charge in [-0.3, -0.25) is 4.99 Å². The van der Waals surface area contributed by atoms with E-state index in [9.17, 15) is 4.79 Å². The Balaban J connectivity index is 0.00000338. The molecule has 0 aliphatic carbocycles. The molecule has 0 bridgehead atoms. The minimum atomic E-state index is -0.467. The number of ether oxygens (including phenoxy) is 2. The van der Waals surface area contributed by atoms with Gasteiger partial charge in [0.1, 0.15) is 11.4 Å². The van der Waals surface area contributed by atoms with E-state index in [1.54, 1.807) is 19.1 Å². The molecule has 0 spiro atoms. The van der Waals surface area contributed by atoms with Crippen molar-refractivity contribution < 1.29 is 14.3 Å². The highest BCUT2D eigenvalue weighted by Crippen LogP contribution is 2.15. The Morgan fingerprint density at radius 3 is 2.38 bits per heavy atom. The summed E-state index contributed by atoms with van der Waals surface area (Å²) in [5, 5.41) is 6.58. The predicted octanol–water partition coefficient (Wildman–Crippen LogP) is 2.60. The number of benzene rings is 1. The van der Waals surface area contributed by atoms with Gasteiger partial charge in [-0.1, -0.05) is 12.1 Å². The molecule has 26 heavy (non-hydrogen) atoms. The summed E-state index contributed by atoms with van der Waals surface area (Å²) >= 11 is 0. The lowest BCUT2D eigenvalue weighted by molar-refractivity contribution is 0.00701. The topological polar surface area (TPSA) is 75.2 Å². The maximum absolute atomic E-state index is 11.9. The van der Waals surface area contributed by atoms with Gasteiger partial charge in [-0.25, -0.2) is 4.79 Å². The largest absolute Gasteiger partial charge is 0.497 e. The molecule has 0 radical (unpaired) electrons. The Morgan fingerprint density at radius 2 is 1.88 bits per heavy atom. The van der Waals surface area contributed by atoms with E-state index in [0.717, 1.165) is 11.3 Å². The first kappa shape index (κ1) is 22.3. The van der Waals surface area contributed by atoms with Crippen LogP contribution in [0.5, 0.6) is 5.75 Å². The number of hydrogen-bond donors (Lipinski definition) is 2. The van der Waals surface area contributed by atoms with Gasteiger partial charge in [0.25, 0.3) is 0 Å². The molecule has 2 N–H and O–H groups in total. The van der Waals surface area contributed by atoms with Crippen molar-refractivity contribution in [2.75, 3.05) is 27.2 Å². The third-order valence-corrected chi connectivity index (χ3v) is 3.72. The Bertz CT molecular complexity index is 608. The third-order valence-electron chi connectivity index (χ3n) is 3.72. The molecule has 146 valence electrons. The van der Waals surface area contributed by atoms with Gasteiger partial charge in [0.2, 0.25) is 0 Å². The molecular weight excluding hydrogens is 447 g/mol. The highest BCUT2D eigenvalue weighted by atomic mass is 127. The Kier molecular flexibility index (Phi) is 8.45. The first-order chi connectivity index (χ1) is 11.8. The molecule has 7 nitrogen and oxygen atoms in total. The minimum Gasteiger partial charge on any atom is -0.497 e. The van der Waals surface area contributed by atoms with Gasteiger partial charge in [0.15, 0.2) is 5.96 Å². The molecule has 1 saturated heterocycles. The summed E-state index contributed by atoms with van der Waals surface area (Å²) in [4.78, 5) is 17.8. The average molecular weight is 476 g/mol. The van der Waals surface area contributed by atoms with Crippen molar-refractivity contribution in [2.24, 2.45) is 4.99 Å². The molecule has 2 rings (SSSR count). The fraction of sp³-hybridized carbons (Fsp3) is 0.556. The number of guanidine groups is 1. The van der Waals surface area contributed by atoms with Crippen molar-refractivity contribution in [1.29, 1.82) is 0 Å². The number of amides is 1. The molecule has 0 aromatic heterocycles. The average Bonchev–Trinajstić information content (AvgIpc) is 2.51. The fourth-order valence-corrected chi connectivity index (χ4v) is 2.36. The zero-order chi connectivity index (χ0) is 18.4. The first-order valence-electron chi connectivity index (χ1n) is 8.39. The monoisotopic (exact) mass is 476 g/mol. The number of nitrogens with zero attached hydrogens (tertiary/aromatic N) is 2. The van der Waals surface area contributed by atoms with Gasteiger partial charge >= 0.3 is 6.09 Å². The van der Waals surface area contributed by atoms with Gasteiger partial charge in [-0.2, -0.15) is 0 Å². The van der Waals surface area contributed by atoms with Crippen LogP contribution in [0.2, 0.25) is 0 Å². The number of halogens is 1. The number of rotatable bonds is 4. The van der Waals surface area contributed by atoms with Crippen molar-refractivity contribution in [2.45, 2.75) is 39.0 Å². The van der Waals surface area contributed by atoms with E-state index < -0.39 is 5.60 Å². The summed E-state index contributed by atoms with van der Waals surface area (Å²) in [6.45, 7) is 7.48. The van der Waals surface area contributed by atoms with Crippen LogP contribution in [0.15, 0.2) is 29.3 Å². The summed E-state index contributed by atoms with van der Waals surface area (Å²) < 4.78 is 10.5. The summed E-state index contributed by atoms with van der Waals surface area (Å²) in [6.07, 6.45) is -0.272. The van der Waals surface area contributed by atoms with Crippen molar-refractivity contribution in [1.82, 2.24) is 15.5 Å². The fourth-order valence-electron chi connectivity index (χ4n) is 2.36. The third kappa shape index (κ3) is 6.89. The van der Waals surface area contributed by atoms with Crippen molar-refractivity contribution in [3.63, 3.8) is 0 Å². The number of aliphatic imine (C=N–C) groups is 1. The van der Waals surface area contributed by atoms with Gasteiger partial charge in [-0.05, 0) is 38.5 Å². The molecule has 1 fully saturated rings. The van der Waals surface area contributed by atoms with Crippen molar-refractivity contribution in [3.8, 4) is 5.75 Å². The summed E-state index contributed by atoms with van der Waals surface area (Å²) in [5.41, 5.74) is 0.665. The van der Waals surface area contributed by atoms with E-state index in [1.807, 2.05) is 45.0 Å². The van der Waals surface area contributed by atoms with Crippen LogP contribution in [0.1, 0.15) is 26.3 Å². The molecule has 1 aromatic carbocycles. The van der Waals surface area contributed by atoms with Gasteiger partial charge < -0.3 is 25.0 Å². The standard InChI is InChI=1S/C18H28N4O3.HI/c1-18(2,3)25-17(23)22-11-14(12-22)21-16(19-4)20-10-13-6-8-15(24-5)9-7-13;/h6-9,14H,10-12H2,1-5H3,(H2,19,20,21);1H. The van der Waals surface area contributed by atoms with Crippen molar-refractivity contribution >= 4 is 36.0 Å². The molecule has 1 heterocycles. The molecule has 1 amide bonds. The first-order valence-corrected chi connectivity index (χ1v) is 8.39. The molecule has 0 unspecified atom stereocenters. The van der Waals surface area contributed by atoms with Gasteiger partial charge in [0, 0.05) is 26.7 Å². The van der Waals surface area contributed by atoms with Crippen LogP contribution in [0, 0.1) is 0 Å². The van der Waals surface area contributed by atoms with Crippen LogP contribution < -0.4 is 15.4 Å². The molecule has 1 aliphatic rings. The number of nitrogens with one attached hydrogen (secondary N) is 2.